The second-order valence-electron chi connectivity index (χ2n) is 4.75. The van der Waals surface area contributed by atoms with Crippen LogP contribution in [-0.2, 0) is 13.0 Å². The average molecular weight is 293 g/mol. The number of amides is 1. The first-order valence-corrected chi connectivity index (χ1v) is 6.42. The van der Waals surface area contributed by atoms with Crippen molar-refractivity contribution in [2.75, 3.05) is 11.9 Å². The van der Waals surface area contributed by atoms with Crippen molar-refractivity contribution in [1.29, 1.82) is 0 Å². The van der Waals surface area contributed by atoms with Gasteiger partial charge in [0.25, 0.3) is 5.91 Å². The van der Waals surface area contributed by atoms with E-state index in [1.165, 1.54) is 17.4 Å². The van der Waals surface area contributed by atoms with Gasteiger partial charge in [0, 0.05) is 12.2 Å². The number of rotatable bonds is 2. The molecule has 4 nitrogen and oxygen atoms in total. The summed E-state index contributed by atoms with van der Waals surface area (Å²) in [6.07, 6.45) is 2.57. The number of halogens is 1. The first-order valence-electron chi connectivity index (χ1n) is 6.42. The zero-order valence-electron chi connectivity index (χ0n) is 11.2. The summed E-state index contributed by atoms with van der Waals surface area (Å²) in [5.74, 6) is 0.507. The van der Waals surface area contributed by atoms with Crippen LogP contribution >= 0.6 is 12.4 Å². The maximum Gasteiger partial charge on any atom is 0.259 e. The van der Waals surface area contributed by atoms with Gasteiger partial charge in [-0.25, -0.2) is 0 Å². The molecule has 1 aromatic carbocycles. The number of nitrogens with one attached hydrogen (secondary N) is 2. The fourth-order valence-corrected chi connectivity index (χ4v) is 2.38. The molecule has 0 aliphatic carbocycles. The molecular weight excluding hydrogens is 276 g/mol. The second kappa shape index (κ2) is 6.11. The average Bonchev–Trinajstić information content (AvgIpc) is 2.85. The first-order chi connectivity index (χ1) is 9.24. The minimum Gasteiger partial charge on any atom is -0.469 e. The van der Waals surface area contributed by atoms with Crippen LogP contribution in [0.4, 0.5) is 5.69 Å². The van der Waals surface area contributed by atoms with E-state index < -0.39 is 0 Å². The molecule has 0 radical (unpaired) electrons. The van der Waals surface area contributed by atoms with Gasteiger partial charge in [0.2, 0.25) is 0 Å². The Morgan fingerprint density at radius 2 is 2.15 bits per heavy atom. The second-order valence-corrected chi connectivity index (χ2v) is 4.75. The Balaban J connectivity index is 0.00000147. The fourth-order valence-electron chi connectivity index (χ4n) is 2.38. The third kappa shape index (κ3) is 2.86. The highest BCUT2D eigenvalue weighted by Crippen LogP contribution is 2.20. The van der Waals surface area contributed by atoms with Crippen LogP contribution in [0, 0.1) is 6.92 Å². The number of anilines is 1. The van der Waals surface area contributed by atoms with Gasteiger partial charge in [0.05, 0.1) is 11.8 Å². The van der Waals surface area contributed by atoms with E-state index in [0.717, 1.165) is 25.2 Å². The zero-order chi connectivity index (χ0) is 13.2. The van der Waals surface area contributed by atoms with Crippen molar-refractivity contribution in [1.82, 2.24) is 5.32 Å². The Bertz CT molecular complexity index is 622. The molecule has 2 N–H and O–H groups in total. The van der Waals surface area contributed by atoms with E-state index in [1.54, 1.807) is 13.0 Å². The van der Waals surface area contributed by atoms with E-state index in [0.29, 0.717) is 11.3 Å². The minimum absolute atomic E-state index is 0. The molecule has 0 unspecified atom stereocenters. The van der Waals surface area contributed by atoms with Crippen LogP contribution in [0.5, 0.6) is 0 Å². The predicted molar refractivity (Wildman–Crippen MR) is 80.5 cm³/mol. The number of carbonyl (C=O) groups excluding carboxylic acids is 1. The molecule has 2 aromatic rings. The van der Waals surface area contributed by atoms with Gasteiger partial charge in [-0.1, -0.05) is 6.07 Å². The van der Waals surface area contributed by atoms with Crippen molar-refractivity contribution in [2.45, 2.75) is 19.9 Å². The molecule has 0 bridgehead atoms. The lowest BCUT2D eigenvalue weighted by Crippen LogP contribution is -2.23. The smallest absolute Gasteiger partial charge is 0.259 e. The standard InChI is InChI=1S/C15H16N2O2.ClH/c1-10-14(5-7-19-10)15(18)17-13-3-2-11-4-6-16-9-12(11)8-13;/h2-3,5,7-8,16H,4,6,9H2,1H3,(H,17,18);1H. The van der Waals surface area contributed by atoms with Gasteiger partial charge >= 0.3 is 0 Å². The van der Waals surface area contributed by atoms with Gasteiger partial charge in [-0.3, -0.25) is 4.79 Å². The van der Waals surface area contributed by atoms with Gasteiger partial charge in [0.15, 0.2) is 0 Å². The molecular formula is C15H17ClN2O2. The third-order valence-electron chi connectivity index (χ3n) is 3.45. The summed E-state index contributed by atoms with van der Waals surface area (Å²) in [7, 11) is 0. The molecule has 1 aliphatic heterocycles. The van der Waals surface area contributed by atoms with Crippen molar-refractivity contribution in [3.63, 3.8) is 0 Å². The molecule has 1 amide bonds. The molecule has 1 aromatic heterocycles. The number of benzene rings is 1. The van der Waals surface area contributed by atoms with Crippen LogP contribution in [0.3, 0.4) is 0 Å². The zero-order valence-corrected chi connectivity index (χ0v) is 12.0. The summed E-state index contributed by atoms with van der Waals surface area (Å²) in [5.41, 5.74) is 4.02. The summed E-state index contributed by atoms with van der Waals surface area (Å²) in [6.45, 7) is 3.67. The Morgan fingerprint density at radius 1 is 1.30 bits per heavy atom. The maximum atomic E-state index is 12.1. The summed E-state index contributed by atoms with van der Waals surface area (Å²) >= 11 is 0. The van der Waals surface area contributed by atoms with Crippen LogP contribution in [0.2, 0.25) is 0 Å². The van der Waals surface area contributed by atoms with Crippen molar-refractivity contribution in [2.24, 2.45) is 0 Å². The van der Waals surface area contributed by atoms with E-state index in [2.05, 4.69) is 16.7 Å². The number of carbonyl (C=O) groups is 1. The van der Waals surface area contributed by atoms with Crippen LogP contribution in [0.15, 0.2) is 34.9 Å². The third-order valence-corrected chi connectivity index (χ3v) is 3.45. The molecule has 5 heteroatoms. The molecule has 0 fully saturated rings. The topological polar surface area (TPSA) is 54.3 Å². The molecule has 2 heterocycles. The molecule has 0 saturated carbocycles. The van der Waals surface area contributed by atoms with E-state index in [9.17, 15) is 4.79 Å². The highest BCUT2D eigenvalue weighted by atomic mass is 35.5. The summed E-state index contributed by atoms with van der Waals surface area (Å²) in [5, 5.41) is 6.24. The van der Waals surface area contributed by atoms with Gasteiger partial charge < -0.3 is 15.1 Å². The molecule has 0 spiro atoms. The number of fused-ring (bicyclic) bond motifs is 1. The van der Waals surface area contributed by atoms with E-state index in [-0.39, 0.29) is 18.3 Å². The molecule has 0 atom stereocenters. The van der Waals surface area contributed by atoms with Crippen LogP contribution in [0.1, 0.15) is 27.2 Å². The predicted octanol–water partition coefficient (Wildman–Crippen LogP) is 2.91. The first kappa shape index (κ1) is 14.6. The lowest BCUT2D eigenvalue weighted by Gasteiger charge is -2.18. The Hall–Kier alpha value is -1.78. The van der Waals surface area contributed by atoms with E-state index in [4.69, 9.17) is 4.42 Å². The highest BCUT2D eigenvalue weighted by molar-refractivity contribution is 6.04. The molecule has 0 saturated heterocycles. The summed E-state index contributed by atoms with van der Waals surface area (Å²) < 4.78 is 5.14. The summed E-state index contributed by atoms with van der Waals surface area (Å²) in [4.78, 5) is 12.1. The Morgan fingerprint density at radius 3 is 2.90 bits per heavy atom. The normalized spacial score (nSPS) is 13.2. The maximum absolute atomic E-state index is 12.1. The van der Waals surface area contributed by atoms with Gasteiger partial charge in [-0.2, -0.15) is 0 Å². The number of hydrogen-bond acceptors (Lipinski definition) is 3. The van der Waals surface area contributed by atoms with Crippen molar-refractivity contribution in [3.8, 4) is 0 Å². The van der Waals surface area contributed by atoms with Gasteiger partial charge in [-0.15, -0.1) is 12.4 Å². The van der Waals surface area contributed by atoms with Crippen molar-refractivity contribution in [3.05, 3.63) is 53.0 Å². The minimum atomic E-state index is -0.130. The van der Waals surface area contributed by atoms with Crippen LogP contribution < -0.4 is 10.6 Å². The van der Waals surface area contributed by atoms with Gasteiger partial charge in [-0.05, 0) is 49.2 Å². The lowest BCUT2D eigenvalue weighted by atomic mass is 10.0. The Labute approximate surface area is 124 Å². The fraction of sp³-hybridized carbons (Fsp3) is 0.267. The monoisotopic (exact) mass is 292 g/mol. The largest absolute Gasteiger partial charge is 0.469 e. The number of aryl methyl sites for hydroxylation is 1. The SMILES string of the molecule is Cc1occc1C(=O)Nc1ccc2c(c1)CNCC2.Cl. The molecule has 1 aliphatic rings. The van der Waals surface area contributed by atoms with E-state index >= 15 is 0 Å². The van der Waals surface area contributed by atoms with Crippen LogP contribution in [0.25, 0.3) is 0 Å². The Kier molecular flexibility index (Phi) is 4.47. The number of hydrogen-bond donors (Lipinski definition) is 2. The molecule has 106 valence electrons. The molecule has 20 heavy (non-hydrogen) atoms. The van der Waals surface area contributed by atoms with Crippen molar-refractivity contribution < 1.29 is 9.21 Å². The van der Waals surface area contributed by atoms with Gasteiger partial charge in [0.1, 0.15) is 5.76 Å². The van der Waals surface area contributed by atoms with Crippen molar-refractivity contribution >= 4 is 24.0 Å². The number of furan rings is 1. The lowest BCUT2D eigenvalue weighted by molar-refractivity contribution is 0.102. The highest BCUT2D eigenvalue weighted by Gasteiger charge is 2.13. The summed E-state index contributed by atoms with van der Waals surface area (Å²) in [6, 6.07) is 7.77. The molecule has 3 rings (SSSR count). The quantitative estimate of drug-likeness (QED) is 0.895. The van der Waals surface area contributed by atoms with Crippen LogP contribution in [-0.4, -0.2) is 12.5 Å². The van der Waals surface area contributed by atoms with E-state index in [1.807, 2.05) is 12.1 Å².